The molecule has 0 aromatic heterocycles. The van der Waals surface area contributed by atoms with Crippen molar-refractivity contribution in [2.45, 2.75) is 4.84 Å². The van der Waals surface area contributed by atoms with E-state index >= 15 is 0 Å². The average Bonchev–Trinajstić information content (AvgIpc) is 2.03. The summed E-state index contributed by atoms with van der Waals surface area (Å²) >= 11 is 19.8. The van der Waals surface area contributed by atoms with Crippen LogP contribution in [-0.4, -0.2) is 10.6 Å². The second kappa shape index (κ2) is 4.65. The second-order valence-electron chi connectivity index (χ2n) is 2.29. The third kappa shape index (κ3) is 2.84. The summed E-state index contributed by atoms with van der Waals surface area (Å²) in [5, 5.41) is 0.545. The zero-order valence-corrected chi connectivity index (χ0v) is 10.1. The summed E-state index contributed by atoms with van der Waals surface area (Å²) in [5.74, 6) is -0.341. The first kappa shape index (κ1) is 11.3. The zero-order valence-electron chi connectivity index (χ0n) is 6.23. The van der Waals surface area contributed by atoms with Crippen LogP contribution in [0.15, 0.2) is 22.7 Å². The van der Waals surface area contributed by atoms with Gasteiger partial charge in [-0.3, -0.25) is 4.79 Å². The van der Waals surface area contributed by atoms with Crippen molar-refractivity contribution in [1.82, 2.24) is 0 Å². The normalized spacial score (nSPS) is 10.5. The Morgan fingerprint density at radius 3 is 2.46 bits per heavy atom. The molecule has 0 amide bonds. The maximum Gasteiger partial charge on any atom is 0.196 e. The third-order valence-corrected chi connectivity index (χ3v) is 2.68. The van der Waals surface area contributed by atoms with Gasteiger partial charge in [0.15, 0.2) is 10.6 Å². The Morgan fingerprint density at radius 1 is 1.38 bits per heavy atom. The molecule has 0 aliphatic heterocycles. The number of alkyl halides is 2. The monoisotopic (exact) mass is 300 g/mol. The van der Waals surface area contributed by atoms with Crippen LogP contribution in [0.4, 0.5) is 0 Å². The fourth-order valence-electron chi connectivity index (χ4n) is 0.807. The van der Waals surface area contributed by atoms with Gasteiger partial charge in [-0.25, -0.2) is 0 Å². The van der Waals surface area contributed by atoms with Crippen molar-refractivity contribution in [3.8, 4) is 0 Å². The van der Waals surface area contributed by atoms with Gasteiger partial charge < -0.3 is 0 Å². The molecule has 1 aromatic carbocycles. The van der Waals surface area contributed by atoms with Gasteiger partial charge in [-0.15, -0.1) is 0 Å². The number of ketones is 1. The van der Waals surface area contributed by atoms with Crippen LogP contribution in [0.25, 0.3) is 0 Å². The summed E-state index contributed by atoms with van der Waals surface area (Å²) in [5.41, 5.74) is 0.430. The lowest BCUT2D eigenvalue weighted by molar-refractivity contribution is 0.101. The van der Waals surface area contributed by atoms with Gasteiger partial charge in [-0.05, 0) is 34.1 Å². The number of rotatable bonds is 2. The van der Waals surface area contributed by atoms with Crippen molar-refractivity contribution >= 4 is 56.5 Å². The van der Waals surface area contributed by atoms with E-state index < -0.39 is 4.84 Å². The smallest absolute Gasteiger partial charge is 0.196 e. The SMILES string of the molecule is O=C(c1ccc(Cl)cc1Br)C(Cl)Cl. The van der Waals surface area contributed by atoms with E-state index in [1.165, 1.54) is 0 Å². The summed E-state index contributed by atoms with van der Waals surface area (Å²) in [7, 11) is 0. The van der Waals surface area contributed by atoms with Gasteiger partial charge in [0.1, 0.15) is 0 Å². The maximum atomic E-state index is 11.3. The van der Waals surface area contributed by atoms with Crippen LogP contribution in [-0.2, 0) is 0 Å². The molecule has 5 heteroatoms. The molecule has 13 heavy (non-hydrogen) atoms. The molecule has 1 nitrogen and oxygen atoms in total. The van der Waals surface area contributed by atoms with Crippen LogP contribution in [0.5, 0.6) is 0 Å². The Labute approximate surface area is 99.1 Å². The standard InChI is InChI=1S/C8H4BrCl3O/c9-6-3-4(10)1-2-5(6)7(13)8(11)12/h1-3,8H. The molecule has 0 saturated carbocycles. The summed E-state index contributed by atoms with van der Waals surface area (Å²) in [6.07, 6.45) is 0. The van der Waals surface area contributed by atoms with E-state index in [4.69, 9.17) is 34.8 Å². The van der Waals surface area contributed by atoms with Crippen molar-refractivity contribution in [3.05, 3.63) is 33.3 Å². The first-order valence-corrected chi connectivity index (χ1v) is 5.34. The van der Waals surface area contributed by atoms with E-state index in [1.54, 1.807) is 18.2 Å². The minimum absolute atomic E-state index is 0.341. The predicted octanol–water partition coefficient (Wildman–Crippen LogP) is 4.09. The highest BCUT2D eigenvalue weighted by Gasteiger charge is 2.16. The molecular weight excluding hydrogens is 298 g/mol. The lowest BCUT2D eigenvalue weighted by Gasteiger charge is -2.03. The van der Waals surface area contributed by atoms with Crippen molar-refractivity contribution in [3.63, 3.8) is 0 Å². The van der Waals surface area contributed by atoms with Crippen molar-refractivity contribution in [2.75, 3.05) is 0 Å². The number of carbonyl (C=O) groups excluding carboxylic acids is 1. The molecule has 0 bridgehead atoms. The molecule has 0 spiro atoms. The minimum atomic E-state index is -1.04. The molecule has 0 aliphatic rings. The second-order valence-corrected chi connectivity index (χ2v) is 4.68. The summed E-state index contributed by atoms with van der Waals surface area (Å²) in [6.45, 7) is 0. The molecule has 0 heterocycles. The zero-order chi connectivity index (χ0) is 10.0. The average molecular weight is 302 g/mol. The molecule has 0 radical (unpaired) electrons. The highest BCUT2D eigenvalue weighted by Crippen LogP contribution is 2.24. The highest BCUT2D eigenvalue weighted by atomic mass is 79.9. The summed E-state index contributed by atoms with van der Waals surface area (Å²) < 4.78 is 0.594. The molecule has 0 atom stereocenters. The summed E-state index contributed by atoms with van der Waals surface area (Å²) in [6, 6.07) is 4.80. The lowest BCUT2D eigenvalue weighted by Crippen LogP contribution is -2.08. The van der Waals surface area contributed by atoms with Crippen LogP contribution >= 0.6 is 50.7 Å². The van der Waals surface area contributed by atoms with Gasteiger partial charge in [0, 0.05) is 15.1 Å². The highest BCUT2D eigenvalue weighted by molar-refractivity contribution is 9.10. The Hall–Kier alpha value is 0.240. The van der Waals surface area contributed by atoms with E-state index in [1.807, 2.05) is 0 Å². The van der Waals surface area contributed by atoms with E-state index in [0.29, 0.717) is 15.1 Å². The van der Waals surface area contributed by atoms with E-state index in [9.17, 15) is 4.79 Å². The first-order valence-electron chi connectivity index (χ1n) is 3.30. The fraction of sp³-hybridized carbons (Fsp3) is 0.125. The number of Topliss-reactive ketones (excluding diaryl/α,β-unsaturated/α-hetero) is 1. The Kier molecular flexibility index (Phi) is 4.05. The Bertz CT molecular complexity index is 338. The van der Waals surface area contributed by atoms with Crippen molar-refractivity contribution in [1.29, 1.82) is 0 Å². The molecule has 0 fully saturated rings. The maximum absolute atomic E-state index is 11.3. The molecule has 0 saturated heterocycles. The lowest BCUT2D eigenvalue weighted by atomic mass is 10.1. The molecule has 70 valence electrons. The fourth-order valence-corrected chi connectivity index (χ4v) is 1.92. The van der Waals surface area contributed by atoms with Gasteiger partial charge in [0.25, 0.3) is 0 Å². The Morgan fingerprint density at radius 2 is 2.00 bits per heavy atom. The summed E-state index contributed by atoms with van der Waals surface area (Å²) in [4.78, 5) is 10.3. The van der Waals surface area contributed by atoms with Gasteiger partial charge in [-0.1, -0.05) is 34.8 Å². The van der Waals surface area contributed by atoms with Crippen LogP contribution in [0, 0.1) is 0 Å². The molecular formula is C8H4BrCl3O. The topological polar surface area (TPSA) is 17.1 Å². The van der Waals surface area contributed by atoms with Gasteiger partial charge in [-0.2, -0.15) is 0 Å². The number of benzene rings is 1. The van der Waals surface area contributed by atoms with Crippen molar-refractivity contribution < 1.29 is 4.79 Å². The number of halogens is 4. The number of hydrogen-bond donors (Lipinski definition) is 0. The van der Waals surface area contributed by atoms with Crippen LogP contribution in [0.3, 0.4) is 0 Å². The van der Waals surface area contributed by atoms with Gasteiger partial charge in [0.05, 0.1) is 0 Å². The molecule has 0 unspecified atom stereocenters. The van der Waals surface area contributed by atoms with Crippen LogP contribution in [0.1, 0.15) is 10.4 Å². The van der Waals surface area contributed by atoms with E-state index in [0.717, 1.165) is 0 Å². The predicted molar refractivity (Wildman–Crippen MR) is 59.0 cm³/mol. The number of carbonyl (C=O) groups is 1. The minimum Gasteiger partial charge on any atom is -0.291 e. The van der Waals surface area contributed by atoms with E-state index in [2.05, 4.69) is 15.9 Å². The van der Waals surface area contributed by atoms with Crippen LogP contribution in [0.2, 0.25) is 5.02 Å². The number of hydrogen-bond acceptors (Lipinski definition) is 1. The van der Waals surface area contributed by atoms with Crippen molar-refractivity contribution in [2.24, 2.45) is 0 Å². The molecule has 0 N–H and O–H groups in total. The Balaban J connectivity index is 3.09. The van der Waals surface area contributed by atoms with E-state index in [-0.39, 0.29) is 5.78 Å². The quantitative estimate of drug-likeness (QED) is 0.594. The van der Waals surface area contributed by atoms with Gasteiger partial charge in [0.2, 0.25) is 0 Å². The molecule has 1 aromatic rings. The van der Waals surface area contributed by atoms with Gasteiger partial charge >= 0.3 is 0 Å². The largest absolute Gasteiger partial charge is 0.291 e. The first-order chi connectivity index (χ1) is 6.02. The molecule has 0 aliphatic carbocycles. The molecule has 1 rings (SSSR count). The van der Waals surface area contributed by atoms with Crippen LogP contribution < -0.4 is 0 Å². The third-order valence-electron chi connectivity index (χ3n) is 1.39.